The van der Waals surface area contributed by atoms with Gasteiger partial charge in [-0.15, -0.1) is 0 Å². The number of alkyl halides is 2. The summed E-state index contributed by atoms with van der Waals surface area (Å²) >= 11 is 6.73. The molecule has 0 bridgehead atoms. The van der Waals surface area contributed by atoms with Gasteiger partial charge in [-0.05, 0) is 12.5 Å². The van der Waals surface area contributed by atoms with Crippen molar-refractivity contribution in [3.63, 3.8) is 0 Å². The topological polar surface area (TPSA) is 130 Å². The van der Waals surface area contributed by atoms with Gasteiger partial charge in [0.15, 0.2) is 5.65 Å². The molecule has 1 amide bonds. The number of carboxylic acid groups (broad SMARTS) is 1. The van der Waals surface area contributed by atoms with Crippen molar-refractivity contribution in [1.82, 2.24) is 32.9 Å². The molecule has 5 heterocycles. The van der Waals surface area contributed by atoms with Gasteiger partial charge in [-0.1, -0.05) is 17.7 Å². The van der Waals surface area contributed by atoms with Crippen molar-refractivity contribution in [2.75, 3.05) is 45.2 Å². The summed E-state index contributed by atoms with van der Waals surface area (Å²) in [4.78, 5) is 22.5. The second kappa shape index (κ2) is 8.72. The van der Waals surface area contributed by atoms with Gasteiger partial charge in [0.05, 0.1) is 28.7 Å². The summed E-state index contributed by atoms with van der Waals surface area (Å²) < 4.78 is 60.8. The molecule has 0 saturated carbocycles. The Labute approximate surface area is 232 Å². The van der Waals surface area contributed by atoms with E-state index in [0.717, 1.165) is 13.2 Å². The maximum absolute atomic E-state index is 15.3. The van der Waals surface area contributed by atoms with Gasteiger partial charge >= 0.3 is 16.3 Å². The van der Waals surface area contributed by atoms with E-state index in [0.29, 0.717) is 27.1 Å². The van der Waals surface area contributed by atoms with E-state index in [1.165, 1.54) is 31.4 Å². The van der Waals surface area contributed by atoms with Crippen LogP contribution in [0.1, 0.15) is 6.42 Å². The van der Waals surface area contributed by atoms with Crippen LogP contribution in [0, 0.1) is 5.41 Å². The number of amides is 1. The normalized spacial score (nSPS) is 18.7. The molecule has 4 aromatic rings. The van der Waals surface area contributed by atoms with Gasteiger partial charge in [-0.3, -0.25) is 4.68 Å². The molecule has 212 valence electrons. The molecule has 1 spiro atoms. The van der Waals surface area contributed by atoms with E-state index in [9.17, 15) is 13.2 Å². The molecule has 0 aliphatic carbocycles. The lowest BCUT2D eigenvalue weighted by Crippen LogP contribution is -2.71. The van der Waals surface area contributed by atoms with E-state index in [2.05, 4.69) is 15.1 Å². The average Bonchev–Trinajstić information content (AvgIpc) is 3.42. The summed E-state index contributed by atoms with van der Waals surface area (Å²) in [6.45, 7) is -0.981. The highest BCUT2D eigenvalue weighted by molar-refractivity contribution is 7.87. The number of hydrogen-bond donors (Lipinski definition) is 1. The Kier molecular flexibility index (Phi) is 5.81. The van der Waals surface area contributed by atoms with Crippen LogP contribution >= 0.6 is 11.6 Å². The van der Waals surface area contributed by atoms with E-state index in [4.69, 9.17) is 16.7 Å². The minimum Gasteiger partial charge on any atom is -0.465 e. The smallest absolute Gasteiger partial charge is 0.407 e. The number of nitrogens with zero attached hydrogens (tertiary/aromatic N) is 8. The number of carbonyl (C=O) groups is 1. The third kappa shape index (κ3) is 3.82. The van der Waals surface area contributed by atoms with Crippen molar-refractivity contribution < 1.29 is 27.1 Å². The standard InChI is InChI=1S/C24H25ClF2N8O4S/c1-31(2)40(38,39)35-10-15(14-4-5-17-16(19(14)25)9-32(3)30-17)20-21(35)29-18(8-28-20)33-7-6-23(24(26,27)13-33)11-34(12-23)22(36)37/h4-5,8-10H,6-7,11-13H2,1-3H3,(H,36,37). The molecule has 2 fully saturated rings. The second-order valence-corrected chi connectivity index (χ2v) is 12.9. The number of aryl methyl sites for hydroxylation is 1. The molecule has 0 atom stereocenters. The molecule has 0 radical (unpaired) electrons. The number of rotatable bonds is 4. The molecule has 2 aliphatic heterocycles. The van der Waals surface area contributed by atoms with Crippen LogP contribution in [0.15, 0.2) is 30.7 Å². The molecule has 40 heavy (non-hydrogen) atoms. The fraction of sp³-hybridized carbons (Fsp3) is 0.417. The van der Waals surface area contributed by atoms with Gasteiger partial charge in [0.25, 0.3) is 5.92 Å². The first kappa shape index (κ1) is 26.7. The van der Waals surface area contributed by atoms with Crippen LogP contribution in [0.25, 0.3) is 33.2 Å². The predicted molar refractivity (Wildman–Crippen MR) is 144 cm³/mol. The SMILES string of the molecule is CN(C)S(=O)(=O)n1cc(-c2ccc3nn(C)cc3c2Cl)c2ncc(N3CCC4(CN(C(=O)O)C4)C(F)(F)C3)nc21. The van der Waals surface area contributed by atoms with Gasteiger partial charge in [-0.25, -0.2) is 27.5 Å². The first-order valence-electron chi connectivity index (χ1n) is 12.3. The molecule has 2 saturated heterocycles. The van der Waals surface area contributed by atoms with E-state index in [1.54, 1.807) is 30.1 Å². The minimum atomic E-state index is -4.08. The van der Waals surface area contributed by atoms with Crippen LogP contribution in [-0.4, -0.2) is 98.7 Å². The predicted octanol–water partition coefficient (Wildman–Crippen LogP) is 3.12. The number of benzene rings is 1. The van der Waals surface area contributed by atoms with Crippen molar-refractivity contribution in [2.24, 2.45) is 12.5 Å². The lowest BCUT2D eigenvalue weighted by molar-refractivity contribution is -0.188. The zero-order valence-electron chi connectivity index (χ0n) is 21.7. The van der Waals surface area contributed by atoms with Crippen molar-refractivity contribution in [1.29, 1.82) is 0 Å². The third-order valence-corrected chi connectivity index (χ3v) is 9.90. The van der Waals surface area contributed by atoms with Crippen molar-refractivity contribution >= 4 is 55.8 Å². The number of fused-ring (bicyclic) bond motifs is 2. The molecule has 0 unspecified atom stereocenters. The van der Waals surface area contributed by atoms with Crippen molar-refractivity contribution in [3.8, 4) is 11.1 Å². The number of halogens is 3. The summed E-state index contributed by atoms with van der Waals surface area (Å²) in [6.07, 6.45) is 3.30. The summed E-state index contributed by atoms with van der Waals surface area (Å²) in [5, 5.41) is 14.5. The lowest BCUT2D eigenvalue weighted by Gasteiger charge is -2.56. The molecule has 1 N–H and O–H groups in total. The molecular formula is C24H25ClF2N8O4S. The second-order valence-electron chi connectivity index (χ2n) is 10.5. The summed E-state index contributed by atoms with van der Waals surface area (Å²) in [5.74, 6) is -3.10. The monoisotopic (exact) mass is 594 g/mol. The summed E-state index contributed by atoms with van der Waals surface area (Å²) in [5.41, 5.74) is 0.352. The number of aromatic nitrogens is 5. The van der Waals surface area contributed by atoms with Gasteiger partial charge in [0, 0.05) is 69.7 Å². The zero-order chi connectivity index (χ0) is 28.8. The van der Waals surface area contributed by atoms with Gasteiger partial charge < -0.3 is 14.9 Å². The Morgan fingerprint density at radius 3 is 2.52 bits per heavy atom. The highest BCUT2D eigenvalue weighted by Gasteiger charge is 2.63. The fourth-order valence-electron chi connectivity index (χ4n) is 5.46. The number of anilines is 1. The van der Waals surface area contributed by atoms with Crippen LogP contribution in [0.3, 0.4) is 0 Å². The molecular weight excluding hydrogens is 570 g/mol. The summed E-state index contributed by atoms with van der Waals surface area (Å²) in [6, 6.07) is 3.48. The van der Waals surface area contributed by atoms with Crippen LogP contribution in [0.4, 0.5) is 19.4 Å². The Morgan fingerprint density at radius 2 is 1.88 bits per heavy atom. The Morgan fingerprint density at radius 1 is 1.15 bits per heavy atom. The molecule has 16 heteroatoms. The van der Waals surface area contributed by atoms with E-state index >= 15 is 8.78 Å². The van der Waals surface area contributed by atoms with Gasteiger partial charge in [0.2, 0.25) is 0 Å². The van der Waals surface area contributed by atoms with Crippen LogP contribution in [-0.2, 0) is 17.3 Å². The molecule has 6 rings (SSSR count). The largest absolute Gasteiger partial charge is 0.465 e. The van der Waals surface area contributed by atoms with Crippen molar-refractivity contribution in [3.05, 3.63) is 35.7 Å². The highest BCUT2D eigenvalue weighted by atomic mass is 35.5. The zero-order valence-corrected chi connectivity index (χ0v) is 23.3. The highest BCUT2D eigenvalue weighted by Crippen LogP contribution is 2.50. The van der Waals surface area contributed by atoms with E-state index in [-0.39, 0.29) is 43.0 Å². The quantitative estimate of drug-likeness (QED) is 0.381. The Hall–Kier alpha value is -3.56. The molecule has 12 nitrogen and oxygen atoms in total. The first-order valence-corrected chi connectivity index (χ1v) is 14.1. The van der Waals surface area contributed by atoms with Crippen molar-refractivity contribution in [2.45, 2.75) is 12.3 Å². The maximum Gasteiger partial charge on any atom is 0.407 e. The van der Waals surface area contributed by atoms with Gasteiger partial charge in [-0.2, -0.15) is 17.8 Å². The minimum absolute atomic E-state index is 0.0344. The maximum atomic E-state index is 15.3. The summed E-state index contributed by atoms with van der Waals surface area (Å²) in [7, 11) is 0.425. The van der Waals surface area contributed by atoms with Crippen LogP contribution in [0.5, 0.6) is 0 Å². The van der Waals surface area contributed by atoms with Crippen LogP contribution in [0.2, 0.25) is 5.02 Å². The number of piperidine rings is 1. The third-order valence-electron chi connectivity index (χ3n) is 7.80. The molecule has 2 aliphatic rings. The first-order chi connectivity index (χ1) is 18.7. The van der Waals surface area contributed by atoms with E-state index in [1.807, 2.05) is 0 Å². The van der Waals surface area contributed by atoms with Crippen LogP contribution < -0.4 is 4.90 Å². The Bertz CT molecular complexity index is 1800. The molecule has 1 aromatic carbocycles. The fourth-order valence-corrected chi connectivity index (χ4v) is 6.71. The molecule has 3 aromatic heterocycles. The Balaban J connectivity index is 1.44. The average molecular weight is 595 g/mol. The lowest BCUT2D eigenvalue weighted by atomic mass is 9.69. The van der Waals surface area contributed by atoms with Gasteiger partial charge in [0.1, 0.15) is 11.3 Å². The number of hydrogen-bond acceptors (Lipinski definition) is 7. The van der Waals surface area contributed by atoms with E-state index < -0.39 is 34.2 Å². The number of likely N-dealkylation sites (tertiary alicyclic amines) is 1.